The van der Waals surface area contributed by atoms with E-state index in [9.17, 15) is 0 Å². The molecule has 2 fully saturated rings. The number of anilines is 1. The van der Waals surface area contributed by atoms with E-state index in [1.807, 2.05) is 17.9 Å². The molecule has 4 heterocycles. The zero-order valence-electron chi connectivity index (χ0n) is 13.5. The van der Waals surface area contributed by atoms with Gasteiger partial charge in [-0.1, -0.05) is 0 Å². The molecule has 2 aliphatic rings. The maximum atomic E-state index is 5.73. The number of morpholine rings is 1. The first-order chi connectivity index (χ1) is 11.3. The number of thiazole rings is 1. The van der Waals surface area contributed by atoms with E-state index in [2.05, 4.69) is 26.5 Å². The third kappa shape index (κ3) is 3.27. The molecule has 0 saturated carbocycles. The summed E-state index contributed by atoms with van der Waals surface area (Å²) in [5, 5.41) is 7.66. The molecule has 0 amide bonds. The molecular formula is C16H23N5OS. The highest BCUT2D eigenvalue weighted by atomic mass is 32.1. The number of nitrogens with zero attached hydrogens (tertiary/aromatic N) is 5. The topological polar surface area (TPSA) is 46.4 Å². The summed E-state index contributed by atoms with van der Waals surface area (Å²) in [7, 11) is 1.96. The standard InChI is InChI=1S/C16H23N5OS/c1-19-9-13(8-17-19)10-21-6-7-22-11-15(21)14-12-23-16(18-14)20-4-2-3-5-20/h8-9,12,15H,2-7,10-11H2,1H3/t15-/m1/s1. The minimum atomic E-state index is 0.247. The highest BCUT2D eigenvalue weighted by Crippen LogP contribution is 2.31. The number of ether oxygens (including phenoxy) is 1. The van der Waals surface area contributed by atoms with E-state index in [1.54, 1.807) is 11.3 Å². The van der Waals surface area contributed by atoms with Crippen molar-refractivity contribution < 1.29 is 4.74 Å². The lowest BCUT2D eigenvalue weighted by Crippen LogP contribution is -2.39. The van der Waals surface area contributed by atoms with Gasteiger partial charge < -0.3 is 9.64 Å². The predicted octanol–water partition coefficient (Wildman–Crippen LogP) is 2.05. The Morgan fingerprint density at radius 2 is 2.17 bits per heavy atom. The molecule has 0 spiro atoms. The summed E-state index contributed by atoms with van der Waals surface area (Å²) in [6.45, 7) is 5.65. The third-order valence-corrected chi connectivity index (χ3v) is 5.53. The van der Waals surface area contributed by atoms with Gasteiger partial charge in [0.05, 0.1) is 31.1 Å². The Morgan fingerprint density at radius 1 is 1.30 bits per heavy atom. The van der Waals surface area contributed by atoms with Crippen LogP contribution in [0.15, 0.2) is 17.8 Å². The molecule has 0 unspecified atom stereocenters. The van der Waals surface area contributed by atoms with Gasteiger partial charge >= 0.3 is 0 Å². The van der Waals surface area contributed by atoms with E-state index in [-0.39, 0.29) is 6.04 Å². The Balaban J connectivity index is 1.50. The average molecular weight is 333 g/mol. The smallest absolute Gasteiger partial charge is 0.185 e. The first-order valence-corrected chi connectivity index (χ1v) is 9.17. The van der Waals surface area contributed by atoms with Gasteiger partial charge in [-0.2, -0.15) is 5.10 Å². The molecular weight excluding hydrogens is 310 g/mol. The van der Waals surface area contributed by atoms with Gasteiger partial charge in [0.2, 0.25) is 0 Å². The van der Waals surface area contributed by atoms with E-state index in [1.165, 1.54) is 23.5 Å². The molecule has 7 heteroatoms. The monoisotopic (exact) mass is 333 g/mol. The summed E-state index contributed by atoms with van der Waals surface area (Å²) in [6, 6.07) is 0.247. The summed E-state index contributed by atoms with van der Waals surface area (Å²) < 4.78 is 7.59. The van der Waals surface area contributed by atoms with E-state index in [4.69, 9.17) is 9.72 Å². The van der Waals surface area contributed by atoms with Crippen LogP contribution in [0.4, 0.5) is 5.13 Å². The summed E-state index contributed by atoms with van der Waals surface area (Å²) in [4.78, 5) is 9.78. The van der Waals surface area contributed by atoms with Crippen LogP contribution in [-0.2, 0) is 18.3 Å². The molecule has 4 rings (SSSR count). The number of hydrogen-bond acceptors (Lipinski definition) is 6. The van der Waals surface area contributed by atoms with Crippen molar-refractivity contribution in [1.82, 2.24) is 19.7 Å². The Hall–Kier alpha value is -1.44. The molecule has 2 aromatic heterocycles. The number of rotatable bonds is 4. The molecule has 23 heavy (non-hydrogen) atoms. The summed E-state index contributed by atoms with van der Waals surface area (Å²) in [5.74, 6) is 0. The van der Waals surface area contributed by atoms with Gasteiger partial charge in [-0.25, -0.2) is 4.98 Å². The molecule has 1 atom stereocenters. The normalized spacial score (nSPS) is 22.8. The van der Waals surface area contributed by atoms with Crippen LogP contribution in [0.25, 0.3) is 0 Å². The van der Waals surface area contributed by atoms with Crippen LogP contribution in [0.2, 0.25) is 0 Å². The minimum Gasteiger partial charge on any atom is -0.378 e. The Kier molecular flexibility index (Phi) is 4.33. The van der Waals surface area contributed by atoms with Crippen molar-refractivity contribution in [1.29, 1.82) is 0 Å². The quantitative estimate of drug-likeness (QED) is 0.857. The van der Waals surface area contributed by atoms with Crippen LogP contribution in [0.5, 0.6) is 0 Å². The van der Waals surface area contributed by atoms with E-state index in [0.717, 1.165) is 45.1 Å². The van der Waals surface area contributed by atoms with Crippen molar-refractivity contribution in [2.24, 2.45) is 7.05 Å². The molecule has 0 aliphatic carbocycles. The van der Waals surface area contributed by atoms with Gasteiger partial charge in [0.15, 0.2) is 5.13 Å². The van der Waals surface area contributed by atoms with Crippen molar-refractivity contribution in [2.75, 3.05) is 37.7 Å². The second-order valence-electron chi connectivity index (χ2n) is 6.33. The van der Waals surface area contributed by atoms with Crippen molar-refractivity contribution >= 4 is 16.5 Å². The van der Waals surface area contributed by atoms with Crippen LogP contribution in [-0.4, -0.2) is 52.5 Å². The maximum Gasteiger partial charge on any atom is 0.185 e. The summed E-state index contributed by atoms with van der Waals surface area (Å²) >= 11 is 1.77. The lowest BCUT2D eigenvalue weighted by molar-refractivity contribution is -0.0140. The molecule has 0 aromatic carbocycles. The molecule has 6 nitrogen and oxygen atoms in total. The van der Waals surface area contributed by atoms with Gasteiger partial charge in [-0.15, -0.1) is 11.3 Å². The van der Waals surface area contributed by atoms with Crippen molar-refractivity contribution in [3.8, 4) is 0 Å². The van der Waals surface area contributed by atoms with Gasteiger partial charge in [-0.3, -0.25) is 9.58 Å². The van der Waals surface area contributed by atoms with E-state index in [0.29, 0.717) is 0 Å². The lowest BCUT2D eigenvalue weighted by atomic mass is 10.1. The van der Waals surface area contributed by atoms with Crippen LogP contribution >= 0.6 is 11.3 Å². The predicted molar refractivity (Wildman–Crippen MR) is 90.7 cm³/mol. The number of hydrogen-bond donors (Lipinski definition) is 0. The Labute approximate surface area is 140 Å². The highest BCUT2D eigenvalue weighted by Gasteiger charge is 2.28. The van der Waals surface area contributed by atoms with Gasteiger partial charge in [0.1, 0.15) is 0 Å². The fourth-order valence-electron chi connectivity index (χ4n) is 3.37. The second kappa shape index (κ2) is 6.59. The van der Waals surface area contributed by atoms with Crippen LogP contribution in [0.3, 0.4) is 0 Å². The summed E-state index contributed by atoms with van der Waals surface area (Å²) in [5.41, 5.74) is 2.40. The first-order valence-electron chi connectivity index (χ1n) is 8.29. The van der Waals surface area contributed by atoms with Crippen LogP contribution < -0.4 is 4.90 Å². The SMILES string of the molecule is Cn1cc(CN2CCOC[C@@H]2c2csc(N3CCCC3)n2)cn1. The molecule has 2 saturated heterocycles. The highest BCUT2D eigenvalue weighted by molar-refractivity contribution is 7.13. The van der Waals surface area contributed by atoms with Crippen LogP contribution in [0.1, 0.15) is 30.1 Å². The summed E-state index contributed by atoms with van der Waals surface area (Å²) in [6.07, 6.45) is 6.61. The molecule has 0 radical (unpaired) electrons. The average Bonchev–Trinajstić information content (AvgIpc) is 3.28. The maximum absolute atomic E-state index is 5.73. The number of aryl methyl sites for hydroxylation is 1. The molecule has 124 valence electrons. The fraction of sp³-hybridized carbons (Fsp3) is 0.625. The van der Waals surface area contributed by atoms with E-state index >= 15 is 0 Å². The van der Waals surface area contributed by atoms with Gasteiger partial charge in [0, 0.05) is 50.4 Å². The fourth-order valence-corrected chi connectivity index (χ4v) is 4.30. The zero-order chi connectivity index (χ0) is 15.6. The first kappa shape index (κ1) is 15.1. The molecule has 2 aliphatic heterocycles. The third-order valence-electron chi connectivity index (χ3n) is 4.61. The molecule has 2 aromatic rings. The lowest BCUT2D eigenvalue weighted by Gasteiger charge is -2.34. The largest absolute Gasteiger partial charge is 0.378 e. The number of aromatic nitrogens is 3. The Morgan fingerprint density at radius 3 is 2.96 bits per heavy atom. The van der Waals surface area contributed by atoms with Crippen LogP contribution in [0, 0.1) is 0 Å². The molecule has 0 N–H and O–H groups in total. The minimum absolute atomic E-state index is 0.247. The molecule has 0 bridgehead atoms. The van der Waals surface area contributed by atoms with E-state index < -0.39 is 0 Å². The van der Waals surface area contributed by atoms with Crippen molar-refractivity contribution in [3.05, 3.63) is 29.0 Å². The second-order valence-corrected chi connectivity index (χ2v) is 7.17. The van der Waals surface area contributed by atoms with Crippen molar-refractivity contribution in [3.63, 3.8) is 0 Å². The van der Waals surface area contributed by atoms with Gasteiger partial charge in [-0.05, 0) is 12.8 Å². The Bertz CT molecular complexity index is 648. The van der Waals surface area contributed by atoms with Crippen molar-refractivity contribution in [2.45, 2.75) is 25.4 Å². The zero-order valence-corrected chi connectivity index (χ0v) is 14.3. The van der Waals surface area contributed by atoms with Gasteiger partial charge in [0.25, 0.3) is 0 Å².